The second kappa shape index (κ2) is 7.07. The number of rotatable bonds is 4. The molecule has 0 fully saturated rings. The average molecular weight is 233 g/mol. The summed E-state index contributed by atoms with van der Waals surface area (Å²) in [4.78, 5) is 7.83. The van der Waals surface area contributed by atoms with Crippen molar-refractivity contribution in [3.05, 3.63) is 29.6 Å². The smallest absolute Gasteiger partial charge is 0.121 e. The number of imidazole rings is 1. The van der Waals surface area contributed by atoms with E-state index in [0.29, 0.717) is 0 Å². The molecule has 1 aromatic carbocycles. The third-order valence-corrected chi connectivity index (χ3v) is 2.41. The Morgan fingerprint density at radius 2 is 2.06 bits per heavy atom. The van der Waals surface area contributed by atoms with Gasteiger partial charge in [-0.25, -0.2) is 4.98 Å². The highest BCUT2D eigenvalue weighted by atomic mass is 15.0. The molecule has 17 heavy (non-hydrogen) atoms. The van der Waals surface area contributed by atoms with E-state index in [9.17, 15) is 0 Å². The van der Waals surface area contributed by atoms with E-state index >= 15 is 0 Å². The van der Waals surface area contributed by atoms with Gasteiger partial charge in [-0.1, -0.05) is 26.8 Å². The van der Waals surface area contributed by atoms with E-state index in [1.54, 1.807) is 0 Å². The van der Waals surface area contributed by atoms with Gasteiger partial charge in [0.15, 0.2) is 0 Å². The average Bonchev–Trinajstić information content (AvgIpc) is 2.74. The number of hydrogen-bond acceptors (Lipinski definition) is 2. The Kier molecular flexibility index (Phi) is 5.70. The summed E-state index contributed by atoms with van der Waals surface area (Å²) in [6, 6.07) is 6.28. The second-order valence-corrected chi connectivity index (χ2v) is 3.88. The van der Waals surface area contributed by atoms with Crippen molar-refractivity contribution < 1.29 is 0 Å². The molecule has 2 aromatic rings. The lowest BCUT2D eigenvalue weighted by atomic mass is 10.2. The molecule has 1 aromatic heterocycles. The summed E-state index contributed by atoms with van der Waals surface area (Å²) in [6.07, 6.45) is 1.15. The first-order valence-electron chi connectivity index (χ1n) is 6.45. The Morgan fingerprint density at radius 1 is 1.29 bits per heavy atom. The predicted octanol–water partition coefficient (Wildman–Crippen LogP) is 3.40. The Balaban J connectivity index is 0.000000686. The standard InChI is InChI=1S/C12H17N3.C2H6/c1-3-6-13-8-12-14-10-5-4-9(2)7-11(10)15-12;1-2/h4-5,7,13H,3,6,8H2,1-2H3,(H,14,15);1-2H3. The first-order chi connectivity index (χ1) is 8.29. The molecule has 1 heterocycles. The highest BCUT2D eigenvalue weighted by Gasteiger charge is 2.01. The number of fused-ring (bicyclic) bond motifs is 1. The molecule has 0 saturated heterocycles. The van der Waals surface area contributed by atoms with E-state index in [0.717, 1.165) is 36.4 Å². The zero-order valence-corrected chi connectivity index (χ0v) is 11.3. The van der Waals surface area contributed by atoms with Crippen LogP contribution in [0.1, 0.15) is 38.6 Å². The normalized spacial score (nSPS) is 10.1. The van der Waals surface area contributed by atoms with E-state index in [4.69, 9.17) is 0 Å². The van der Waals surface area contributed by atoms with Gasteiger partial charge in [-0.2, -0.15) is 0 Å². The SMILES string of the molecule is CC.CCCNCc1nc2ccc(C)cc2[nH]1. The number of nitrogens with one attached hydrogen (secondary N) is 2. The number of H-pyrrole nitrogens is 1. The van der Waals surface area contributed by atoms with Gasteiger partial charge in [0.1, 0.15) is 5.82 Å². The fourth-order valence-electron chi connectivity index (χ4n) is 1.64. The van der Waals surface area contributed by atoms with E-state index in [-0.39, 0.29) is 0 Å². The number of aromatic nitrogens is 2. The molecule has 0 bridgehead atoms. The summed E-state index contributed by atoms with van der Waals surface area (Å²) < 4.78 is 0. The fraction of sp³-hybridized carbons (Fsp3) is 0.500. The summed E-state index contributed by atoms with van der Waals surface area (Å²) in [6.45, 7) is 10.1. The minimum absolute atomic E-state index is 0.821. The predicted molar refractivity (Wildman–Crippen MR) is 74.2 cm³/mol. The molecule has 2 rings (SSSR count). The lowest BCUT2D eigenvalue weighted by Crippen LogP contribution is -2.14. The fourth-order valence-corrected chi connectivity index (χ4v) is 1.64. The van der Waals surface area contributed by atoms with Crippen LogP contribution in [0.4, 0.5) is 0 Å². The van der Waals surface area contributed by atoms with Crippen LogP contribution >= 0.6 is 0 Å². The topological polar surface area (TPSA) is 40.7 Å². The largest absolute Gasteiger partial charge is 0.341 e. The Labute approximate surface area is 104 Å². The van der Waals surface area contributed by atoms with Crippen LogP contribution in [0.25, 0.3) is 11.0 Å². The van der Waals surface area contributed by atoms with Crippen molar-refractivity contribution in [2.45, 2.75) is 40.7 Å². The maximum atomic E-state index is 4.51. The van der Waals surface area contributed by atoms with Crippen molar-refractivity contribution in [1.29, 1.82) is 0 Å². The second-order valence-electron chi connectivity index (χ2n) is 3.88. The van der Waals surface area contributed by atoms with Gasteiger partial charge < -0.3 is 10.3 Å². The number of nitrogens with zero attached hydrogens (tertiary/aromatic N) is 1. The number of aromatic amines is 1. The molecular weight excluding hydrogens is 210 g/mol. The van der Waals surface area contributed by atoms with Crippen LogP contribution in [-0.2, 0) is 6.54 Å². The van der Waals surface area contributed by atoms with Crippen molar-refractivity contribution in [3.8, 4) is 0 Å². The molecule has 94 valence electrons. The van der Waals surface area contributed by atoms with Gasteiger partial charge in [0, 0.05) is 0 Å². The van der Waals surface area contributed by atoms with Crippen LogP contribution in [0.3, 0.4) is 0 Å². The van der Waals surface area contributed by atoms with Crippen molar-refractivity contribution in [3.63, 3.8) is 0 Å². The van der Waals surface area contributed by atoms with Gasteiger partial charge in [0.05, 0.1) is 17.6 Å². The van der Waals surface area contributed by atoms with E-state index in [1.807, 2.05) is 13.8 Å². The Bertz CT molecular complexity index is 446. The highest BCUT2D eigenvalue weighted by Crippen LogP contribution is 2.12. The lowest BCUT2D eigenvalue weighted by molar-refractivity contribution is 0.656. The molecule has 0 atom stereocenters. The third kappa shape index (κ3) is 3.86. The third-order valence-electron chi connectivity index (χ3n) is 2.41. The van der Waals surface area contributed by atoms with Crippen molar-refractivity contribution in [2.24, 2.45) is 0 Å². The van der Waals surface area contributed by atoms with Crippen LogP contribution < -0.4 is 5.32 Å². The molecule has 0 spiro atoms. The van der Waals surface area contributed by atoms with Crippen molar-refractivity contribution in [2.75, 3.05) is 6.54 Å². The number of benzene rings is 1. The number of hydrogen-bond donors (Lipinski definition) is 2. The molecule has 0 unspecified atom stereocenters. The summed E-state index contributed by atoms with van der Waals surface area (Å²) in [5.41, 5.74) is 3.44. The van der Waals surface area contributed by atoms with Crippen molar-refractivity contribution >= 4 is 11.0 Å². The molecule has 0 amide bonds. The van der Waals surface area contributed by atoms with Crippen LogP contribution in [0.5, 0.6) is 0 Å². The molecular formula is C14H23N3. The maximum absolute atomic E-state index is 4.51. The Hall–Kier alpha value is -1.35. The minimum Gasteiger partial charge on any atom is -0.341 e. The van der Waals surface area contributed by atoms with Crippen molar-refractivity contribution in [1.82, 2.24) is 15.3 Å². The van der Waals surface area contributed by atoms with Crippen LogP contribution in [0, 0.1) is 6.92 Å². The molecule has 2 N–H and O–H groups in total. The van der Waals surface area contributed by atoms with Gasteiger partial charge in [0.25, 0.3) is 0 Å². The zero-order valence-electron chi connectivity index (χ0n) is 11.3. The highest BCUT2D eigenvalue weighted by molar-refractivity contribution is 5.75. The monoisotopic (exact) mass is 233 g/mol. The van der Waals surface area contributed by atoms with Gasteiger partial charge in [-0.05, 0) is 37.6 Å². The summed E-state index contributed by atoms with van der Waals surface area (Å²) in [5.74, 6) is 1.02. The van der Waals surface area contributed by atoms with Crippen LogP contribution in [0.2, 0.25) is 0 Å². The van der Waals surface area contributed by atoms with Gasteiger partial charge in [-0.15, -0.1) is 0 Å². The number of aryl methyl sites for hydroxylation is 1. The Morgan fingerprint density at radius 3 is 2.76 bits per heavy atom. The maximum Gasteiger partial charge on any atom is 0.121 e. The van der Waals surface area contributed by atoms with E-state index in [1.165, 1.54) is 5.56 Å². The quantitative estimate of drug-likeness (QED) is 0.795. The minimum atomic E-state index is 0.821. The molecule has 3 nitrogen and oxygen atoms in total. The van der Waals surface area contributed by atoms with E-state index in [2.05, 4.69) is 47.3 Å². The summed E-state index contributed by atoms with van der Waals surface area (Å²) >= 11 is 0. The van der Waals surface area contributed by atoms with Crippen LogP contribution in [-0.4, -0.2) is 16.5 Å². The summed E-state index contributed by atoms with van der Waals surface area (Å²) in [5, 5.41) is 3.33. The molecule has 0 aliphatic heterocycles. The van der Waals surface area contributed by atoms with Crippen LogP contribution in [0.15, 0.2) is 18.2 Å². The summed E-state index contributed by atoms with van der Waals surface area (Å²) in [7, 11) is 0. The lowest BCUT2D eigenvalue weighted by Gasteiger charge is -1.97. The first-order valence-corrected chi connectivity index (χ1v) is 6.45. The first kappa shape index (κ1) is 13.7. The van der Waals surface area contributed by atoms with Gasteiger partial charge in [-0.3, -0.25) is 0 Å². The molecule has 0 aliphatic carbocycles. The molecule has 0 aliphatic rings. The molecule has 0 saturated carbocycles. The van der Waals surface area contributed by atoms with Gasteiger partial charge in [0.2, 0.25) is 0 Å². The van der Waals surface area contributed by atoms with Gasteiger partial charge >= 0.3 is 0 Å². The van der Waals surface area contributed by atoms with E-state index < -0.39 is 0 Å². The molecule has 0 radical (unpaired) electrons. The molecule has 3 heteroatoms. The zero-order chi connectivity index (χ0) is 12.7.